The molecule has 0 aliphatic rings. The van der Waals surface area contributed by atoms with Crippen LogP contribution in [0.15, 0.2) is 41.9 Å². The number of nitrogens with zero attached hydrogens (tertiary/aromatic N) is 5. The van der Waals surface area contributed by atoms with Gasteiger partial charge in [0.15, 0.2) is 16.8 Å². The average Bonchev–Trinajstić information content (AvgIpc) is 3.10. The van der Waals surface area contributed by atoms with Crippen LogP contribution in [-0.4, -0.2) is 50.1 Å². The van der Waals surface area contributed by atoms with Crippen molar-refractivity contribution in [3.63, 3.8) is 0 Å². The summed E-state index contributed by atoms with van der Waals surface area (Å²) in [6.07, 6.45) is 4.79. The molecule has 0 aliphatic heterocycles. The van der Waals surface area contributed by atoms with Crippen LogP contribution in [0, 0.1) is 0 Å². The van der Waals surface area contributed by atoms with Crippen LogP contribution in [0.1, 0.15) is 0 Å². The quantitative estimate of drug-likeness (QED) is 0.538. The second kappa shape index (κ2) is 9.83. The SMILES string of the molecule is COCCn1c(SCC(=O)Nc2ncc(Cl)cc2Cl)nnc1-c1ccncc1. The second-order valence-electron chi connectivity index (χ2n) is 5.51. The largest absolute Gasteiger partial charge is 0.383 e. The molecule has 3 aromatic heterocycles. The molecular weight excluding hydrogens is 423 g/mol. The number of methoxy groups -OCH3 is 1. The smallest absolute Gasteiger partial charge is 0.236 e. The Morgan fingerprint density at radius 3 is 2.79 bits per heavy atom. The number of carbonyl (C=O) groups is 1. The fourth-order valence-electron chi connectivity index (χ4n) is 2.30. The topological polar surface area (TPSA) is 94.8 Å². The number of carbonyl (C=O) groups excluding carboxylic acids is 1. The van der Waals surface area contributed by atoms with Crippen molar-refractivity contribution in [3.8, 4) is 11.4 Å². The van der Waals surface area contributed by atoms with E-state index in [1.807, 2.05) is 16.7 Å². The van der Waals surface area contributed by atoms with Crippen molar-refractivity contribution in [2.75, 3.05) is 24.8 Å². The number of amides is 1. The lowest BCUT2D eigenvalue weighted by molar-refractivity contribution is -0.113. The van der Waals surface area contributed by atoms with Crippen LogP contribution in [-0.2, 0) is 16.1 Å². The molecule has 0 aromatic carbocycles. The Bertz CT molecular complexity index is 954. The predicted octanol–water partition coefficient (Wildman–Crippen LogP) is 3.42. The standard InChI is InChI=1S/C17H16Cl2N6O2S/c1-27-7-6-25-16(11-2-4-20-5-3-11)23-24-17(25)28-10-14(26)22-15-13(19)8-12(18)9-21-15/h2-5,8-9H,6-7,10H2,1H3,(H,21,22,26). The first-order valence-corrected chi connectivity index (χ1v) is 9.89. The third-order valence-corrected chi connectivity index (χ3v) is 5.03. The molecule has 0 saturated carbocycles. The van der Waals surface area contributed by atoms with Gasteiger partial charge in [0.2, 0.25) is 5.91 Å². The molecule has 1 amide bonds. The van der Waals surface area contributed by atoms with E-state index in [4.69, 9.17) is 27.9 Å². The lowest BCUT2D eigenvalue weighted by Gasteiger charge is -2.10. The van der Waals surface area contributed by atoms with Crippen molar-refractivity contribution in [3.05, 3.63) is 46.8 Å². The zero-order valence-electron chi connectivity index (χ0n) is 14.8. The molecular formula is C17H16Cl2N6O2S. The molecule has 0 spiro atoms. The molecule has 146 valence electrons. The van der Waals surface area contributed by atoms with E-state index in [0.717, 1.165) is 5.56 Å². The van der Waals surface area contributed by atoms with Crippen LogP contribution in [0.25, 0.3) is 11.4 Å². The highest BCUT2D eigenvalue weighted by Crippen LogP contribution is 2.25. The molecule has 1 N–H and O–H groups in total. The molecule has 8 nitrogen and oxygen atoms in total. The monoisotopic (exact) mass is 438 g/mol. The average molecular weight is 439 g/mol. The Hall–Kier alpha value is -2.20. The molecule has 11 heteroatoms. The van der Waals surface area contributed by atoms with Crippen LogP contribution in [0.2, 0.25) is 10.0 Å². The van der Waals surface area contributed by atoms with E-state index in [9.17, 15) is 4.79 Å². The molecule has 0 aliphatic carbocycles. The zero-order valence-corrected chi connectivity index (χ0v) is 17.1. The Morgan fingerprint density at radius 1 is 1.29 bits per heavy atom. The molecule has 3 heterocycles. The summed E-state index contributed by atoms with van der Waals surface area (Å²) >= 11 is 13.1. The van der Waals surface area contributed by atoms with Crippen molar-refractivity contribution in [2.45, 2.75) is 11.7 Å². The van der Waals surface area contributed by atoms with E-state index < -0.39 is 0 Å². The minimum atomic E-state index is -0.270. The number of hydrogen-bond acceptors (Lipinski definition) is 7. The number of thioether (sulfide) groups is 1. The Balaban J connectivity index is 1.71. The summed E-state index contributed by atoms with van der Waals surface area (Å²) in [5.74, 6) is 0.787. The Labute approximate surface area is 175 Å². The third kappa shape index (κ3) is 5.20. The van der Waals surface area contributed by atoms with Crippen molar-refractivity contribution >= 4 is 46.7 Å². The summed E-state index contributed by atoms with van der Waals surface area (Å²) in [7, 11) is 1.62. The van der Waals surface area contributed by atoms with Crippen LogP contribution < -0.4 is 5.32 Å². The van der Waals surface area contributed by atoms with Gasteiger partial charge in [0.1, 0.15) is 0 Å². The van der Waals surface area contributed by atoms with E-state index in [1.165, 1.54) is 24.0 Å². The molecule has 3 rings (SSSR count). The first kappa shape index (κ1) is 20.5. The Morgan fingerprint density at radius 2 is 2.07 bits per heavy atom. The van der Waals surface area contributed by atoms with Gasteiger partial charge in [-0.25, -0.2) is 4.98 Å². The second-order valence-corrected chi connectivity index (χ2v) is 7.29. The number of pyridine rings is 2. The van der Waals surface area contributed by atoms with Gasteiger partial charge in [-0.15, -0.1) is 10.2 Å². The van der Waals surface area contributed by atoms with Crippen molar-refractivity contribution in [1.29, 1.82) is 0 Å². The van der Waals surface area contributed by atoms with E-state index in [0.29, 0.717) is 29.2 Å². The van der Waals surface area contributed by atoms with Crippen LogP contribution in [0.5, 0.6) is 0 Å². The minimum Gasteiger partial charge on any atom is -0.383 e. The van der Waals surface area contributed by atoms with Crippen molar-refractivity contribution < 1.29 is 9.53 Å². The van der Waals surface area contributed by atoms with Crippen LogP contribution in [0.3, 0.4) is 0 Å². The van der Waals surface area contributed by atoms with Crippen molar-refractivity contribution in [2.24, 2.45) is 0 Å². The zero-order chi connectivity index (χ0) is 19.9. The van der Waals surface area contributed by atoms with Gasteiger partial charge < -0.3 is 10.1 Å². The number of halogens is 2. The van der Waals surface area contributed by atoms with Gasteiger partial charge in [-0.05, 0) is 18.2 Å². The number of rotatable bonds is 8. The molecule has 0 unspecified atom stereocenters. The lowest BCUT2D eigenvalue weighted by atomic mass is 10.2. The molecule has 0 saturated heterocycles. The lowest BCUT2D eigenvalue weighted by Crippen LogP contribution is -2.16. The van der Waals surface area contributed by atoms with Gasteiger partial charge in [-0.2, -0.15) is 0 Å². The van der Waals surface area contributed by atoms with Crippen LogP contribution in [0.4, 0.5) is 5.82 Å². The van der Waals surface area contributed by atoms with E-state index in [1.54, 1.807) is 19.5 Å². The molecule has 0 bridgehead atoms. The van der Waals surface area contributed by atoms with E-state index in [2.05, 4.69) is 25.5 Å². The van der Waals surface area contributed by atoms with Crippen LogP contribution >= 0.6 is 35.0 Å². The fraction of sp³-hybridized carbons (Fsp3) is 0.235. The van der Waals surface area contributed by atoms with Gasteiger partial charge >= 0.3 is 0 Å². The maximum atomic E-state index is 12.3. The molecule has 0 radical (unpaired) electrons. The number of nitrogens with one attached hydrogen (secondary N) is 1. The van der Waals surface area contributed by atoms with Gasteiger partial charge in [-0.1, -0.05) is 35.0 Å². The molecule has 0 atom stereocenters. The first-order chi connectivity index (χ1) is 13.6. The summed E-state index contributed by atoms with van der Waals surface area (Å²) in [6.45, 7) is 1.04. The fourth-order valence-corrected chi connectivity index (χ4v) is 3.49. The Kier molecular flexibility index (Phi) is 7.21. The van der Waals surface area contributed by atoms with E-state index in [-0.39, 0.29) is 22.5 Å². The highest BCUT2D eigenvalue weighted by atomic mass is 35.5. The minimum absolute atomic E-state index is 0.113. The van der Waals surface area contributed by atoms with Gasteiger partial charge in [-0.3, -0.25) is 14.3 Å². The number of ether oxygens (including phenoxy) is 1. The van der Waals surface area contributed by atoms with Crippen molar-refractivity contribution in [1.82, 2.24) is 24.7 Å². The summed E-state index contributed by atoms with van der Waals surface area (Å²) < 4.78 is 7.08. The number of hydrogen-bond donors (Lipinski definition) is 1. The third-order valence-electron chi connectivity index (χ3n) is 3.57. The number of anilines is 1. The summed E-state index contributed by atoms with van der Waals surface area (Å²) in [5.41, 5.74) is 0.882. The highest BCUT2D eigenvalue weighted by molar-refractivity contribution is 7.99. The highest BCUT2D eigenvalue weighted by Gasteiger charge is 2.16. The van der Waals surface area contributed by atoms with Gasteiger partial charge in [0.05, 0.1) is 28.9 Å². The molecule has 3 aromatic rings. The van der Waals surface area contributed by atoms with Gasteiger partial charge in [0.25, 0.3) is 0 Å². The van der Waals surface area contributed by atoms with Gasteiger partial charge in [0, 0.05) is 31.3 Å². The maximum Gasteiger partial charge on any atom is 0.236 e. The summed E-state index contributed by atoms with van der Waals surface area (Å²) in [5, 5.41) is 12.4. The summed E-state index contributed by atoms with van der Waals surface area (Å²) in [6, 6.07) is 5.21. The maximum absolute atomic E-state index is 12.3. The molecule has 0 fully saturated rings. The molecule has 28 heavy (non-hydrogen) atoms. The summed E-state index contributed by atoms with van der Waals surface area (Å²) in [4.78, 5) is 20.3. The normalized spacial score (nSPS) is 10.8. The van der Waals surface area contributed by atoms with E-state index >= 15 is 0 Å². The number of aromatic nitrogens is 5. The first-order valence-electron chi connectivity index (χ1n) is 8.14. The predicted molar refractivity (Wildman–Crippen MR) is 109 cm³/mol.